The lowest BCUT2D eigenvalue weighted by Gasteiger charge is -2.44. The zero-order chi connectivity index (χ0) is 23.5. The summed E-state index contributed by atoms with van der Waals surface area (Å²) in [4.78, 5) is 28.1. The second kappa shape index (κ2) is 8.07. The molecule has 9 nitrogen and oxygen atoms in total. The third kappa shape index (κ3) is 3.36. The lowest BCUT2D eigenvalue weighted by molar-refractivity contribution is -0.270. The number of fused-ring (bicyclic) bond motifs is 3. The van der Waals surface area contributed by atoms with Gasteiger partial charge in [0.15, 0.2) is 5.79 Å². The van der Waals surface area contributed by atoms with Crippen LogP contribution in [0, 0.1) is 23.7 Å². The molecule has 5 rings (SSSR count). The zero-order valence-electron chi connectivity index (χ0n) is 18.1. The first-order valence-electron chi connectivity index (χ1n) is 11.2. The molecule has 3 heterocycles. The van der Waals surface area contributed by atoms with Crippen LogP contribution in [0.4, 0.5) is 5.69 Å². The minimum Gasteiger partial charge on any atom is -0.461 e. The van der Waals surface area contributed by atoms with Crippen molar-refractivity contribution in [3.05, 3.63) is 47.9 Å². The molecule has 1 aromatic carbocycles. The molecule has 10 heteroatoms. The van der Waals surface area contributed by atoms with Crippen molar-refractivity contribution in [3.63, 3.8) is 0 Å². The van der Waals surface area contributed by atoms with Crippen LogP contribution in [0.15, 0.2) is 40.8 Å². The summed E-state index contributed by atoms with van der Waals surface area (Å²) >= 11 is 0. The summed E-state index contributed by atoms with van der Waals surface area (Å²) in [7, 11) is -1.73. The summed E-state index contributed by atoms with van der Waals surface area (Å²) < 4.78 is 11.7. The maximum absolute atomic E-state index is 13.6. The monoisotopic (exact) mass is 455 g/mol. The van der Waals surface area contributed by atoms with E-state index in [1.807, 2.05) is 6.92 Å². The fourth-order valence-electron chi connectivity index (χ4n) is 5.86. The highest BCUT2D eigenvalue weighted by Crippen LogP contribution is 2.59. The van der Waals surface area contributed by atoms with Crippen molar-refractivity contribution in [3.8, 4) is 0 Å². The lowest BCUT2D eigenvalue weighted by atomic mass is 9.64. The van der Waals surface area contributed by atoms with Crippen LogP contribution in [0.1, 0.15) is 43.8 Å². The number of rotatable bonds is 5. The van der Waals surface area contributed by atoms with Crippen molar-refractivity contribution in [1.29, 1.82) is 0 Å². The number of benzene rings is 1. The van der Waals surface area contributed by atoms with Gasteiger partial charge in [-0.25, -0.2) is 0 Å². The summed E-state index contributed by atoms with van der Waals surface area (Å²) in [5.74, 6) is -3.82. The van der Waals surface area contributed by atoms with Gasteiger partial charge in [0.2, 0.25) is 11.8 Å². The van der Waals surface area contributed by atoms with Gasteiger partial charge in [0.1, 0.15) is 24.2 Å². The molecule has 0 bridgehead atoms. The average molecular weight is 455 g/mol. The predicted octanol–water partition coefficient (Wildman–Crippen LogP) is 0.454. The molecule has 0 radical (unpaired) electrons. The van der Waals surface area contributed by atoms with Crippen LogP contribution in [-0.2, 0) is 20.9 Å². The fourth-order valence-corrected chi connectivity index (χ4v) is 5.86. The van der Waals surface area contributed by atoms with Crippen LogP contribution in [0.25, 0.3) is 0 Å². The van der Waals surface area contributed by atoms with Gasteiger partial charge in [0.25, 0.3) is 0 Å². The van der Waals surface area contributed by atoms with Gasteiger partial charge >= 0.3 is 7.12 Å². The number of hydrogen-bond acceptors (Lipinski definition) is 8. The largest absolute Gasteiger partial charge is 0.488 e. The topological polar surface area (TPSA) is 141 Å². The summed E-state index contributed by atoms with van der Waals surface area (Å²) in [6.45, 7) is 1.66. The average Bonchev–Trinajstić information content (AvgIpc) is 3.48. The SMILES string of the molecule is CC[C@H]1C[C@@H]2C(=O)N(c3cccc(B(O)O)c3)C(=O)[C@@H]2[C@@H]2C[C@@H](c3ccc(CO)o3)O[C@]12O. The summed E-state index contributed by atoms with van der Waals surface area (Å²) in [6, 6.07) is 9.37. The van der Waals surface area contributed by atoms with Crippen LogP contribution in [0.3, 0.4) is 0 Å². The van der Waals surface area contributed by atoms with Crippen LogP contribution >= 0.6 is 0 Å². The van der Waals surface area contributed by atoms with Gasteiger partial charge in [-0.15, -0.1) is 0 Å². The number of hydrogen-bond donors (Lipinski definition) is 4. The minimum absolute atomic E-state index is 0.174. The molecule has 6 atom stereocenters. The van der Waals surface area contributed by atoms with Crippen LogP contribution < -0.4 is 10.4 Å². The van der Waals surface area contributed by atoms with Gasteiger partial charge in [0.05, 0.1) is 17.5 Å². The van der Waals surface area contributed by atoms with E-state index in [-0.39, 0.29) is 29.6 Å². The second-order valence-corrected chi connectivity index (χ2v) is 9.12. The molecule has 174 valence electrons. The molecule has 3 aliphatic rings. The Kier molecular flexibility index (Phi) is 5.45. The predicted molar refractivity (Wildman–Crippen MR) is 116 cm³/mol. The first-order valence-corrected chi connectivity index (χ1v) is 11.2. The Bertz CT molecular complexity index is 1090. The second-order valence-electron chi connectivity index (χ2n) is 9.12. The number of aliphatic hydroxyl groups excluding tert-OH is 1. The van der Waals surface area contributed by atoms with Gasteiger partial charge in [-0.3, -0.25) is 14.5 Å². The summed E-state index contributed by atoms with van der Waals surface area (Å²) in [5, 5.41) is 39.9. The number of carbonyl (C=O) groups is 2. The highest BCUT2D eigenvalue weighted by Gasteiger charge is 2.66. The molecule has 33 heavy (non-hydrogen) atoms. The van der Waals surface area contributed by atoms with E-state index in [9.17, 15) is 29.9 Å². The Morgan fingerprint density at radius 3 is 2.61 bits per heavy atom. The smallest absolute Gasteiger partial charge is 0.461 e. The van der Waals surface area contributed by atoms with Crippen molar-refractivity contribution in [1.82, 2.24) is 0 Å². The van der Waals surface area contributed by atoms with Crippen LogP contribution in [-0.4, -0.2) is 45.0 Å². The standard InChI is InChI=1S/C23H26BNO8/c1-2-12-8-16-20(17-10-19(33-23(12,17)29)18-7-6-15(11-26)32-18)22(28)25(21(16)27)14-5-3-4-13(9-14)24(30)31/h3-7,9,12,16-17,19-20,26,29-31H,2,8,10-11H2,1H3/t12-,16-,17-,19-,20-,23+/m0/s1. The van der Waals surface area contributed by atoms with E-state index in [1.165, 1.54) is 12.1 Å². The Balaban J connectivity index is 1.50. The molecule has 4 N–H and O–H groups in total. The van der Waals surface area contributed by atoms with Gasteiger partial charge in [-0.05, 0) is 49.0 Å². The molecular weight excluding hydrogens is 429 g/mol. The molecule has 1 saturated carbocycles. The Labute approximate surface area is 190 Å². The van der Waals surface area contributed by atoms with E-state index in [2.05, 4.69) is 0 Å². The third-order valence-corrected chi connectivity index (χ3v) is 7.44. The fraction of sp³-hybridized carbons (Fsp3) is 0.478. The van der Waals surface area contributed by atoms with Crippen molar-refractivity contribution in [2.24, 2.45) is 23.7 Å². The van der Waals surface area contributed by atoms with Crippen molar-refractivity contribution < 1.29 is 39.0 Å². The molecule has 2 saturated heterocycles. The molecule has 3 fully saturated rings. The number of aliphatic hydroxyl groups is 2. The maximum atomic E-state index is 13.6. The first kappa shape index (κ1) is 22.3. The number of anilines is 1. The first-order chi connectivity index (χ1) is 15.8. The number of carbonyl (C=O) groups excluding carboxylic acids is 2. The normalized spacial score (nSPS) is 33.4. The molecule has 0 spiro atoms. The van der Waals surface area contributed by atoms with E-state index in [4.69, 9.17) is 9.15 Å². The zero-order valence-corrected chi connectivity index (χ0v) is 18.1. The number of nitrogens with zero attached hydrogens (tertiary/aromatic N) is 1. The van der Waals surface area contributed by atoms with E-state index in [0.29, 0.717) is 30.8 Å². The highest BCUT2D eigenvalue weighted by molar-refractivity contribution is 6.58. The Hall–Kier alpha value is -2.50. The van der Waals surface area contributed by atoms with Gasteiger partial charge in [-0.1, -0.05) is 19.1 Å². The van der Waals surface area contributed by atoms with E-state index in [1.54, 1.807) is 24.3 Å². The molecule has 2 aliphatic heterocycles. The van der Waals surface area contributed by atoms with Crippen LogP contribution in [0.5, 0.6) is 0 Å². The minimum atomic E-state index is -1.73. The van der Waals surface area contributed by atoms with Gasteiger partial charge < -0.3 is 29.4 Å². The summed E-state index contributed by atoms with van der Waals surface area (Å²) in [6.07, 6.45) is 0.577. The molecule has 2 aromatic rings. The Morgan fingerprint density at radius 1 is 1.15 bits per heavy atom. The number of furan rings is 1. The van der Waals surface area contributed by atoms with Gasteiger partial charge in [0, 0.05) is 11.8 Å². The lowest BCUT2D eigenvalue weighted by Crippen LogP contribution is -2.53. The van der Waals surface area contributed by atoms with Gasteiger partial charge in [-0.2, -0.15) is 0 Å². The van der Waals surface area contributed by atoms with E-state index >= 15 is 0 Å². The van der Waals surface area contributed by atoms with E-state index in [0.717, 1.165) is 4.90 Å². The molecule has 1 aromatic heterocycles. The number of imide groups is 1. The van der Waals surface area contributed by atoms with Crippen molar-refractivity contribution >= 4 is 30.1 Å². The van der Waals surface area contributed by atoms with Crippen LogP contribution in [0.2, 0.25) is 0 Å². The summed E-state index contributed by atoms with van der Waals surface area (Å²) in [5.41, 5.74) is 0.448. The van der Waals surface area contributed by atoms with Crippen molar-refractivity contribution in [2.75, 3.05) is 4.90 Å². The quantitative estimate of drug-likeness (QED) is 0.377. The molecule has 0 unspecified atom stereocenters. The highest BCUT2D eigenvalue weighted by atomic mass is 16.6. The molecular formula is C23H26BNO8. The molecule has 1 aliphatic carbocycles. The van der Waals surface area contributed by atoms with Crippen molar-refractivity contribution in [2.45, 2.75) is 44.7 Å². The molecule has 2 amide bonds. The number of amides is 2. The van der Waals surface area contributed by atoms with E-state index < -0.39 is 42.7 Å². The third-order valence-electron chi connectivity index (χ3n) is 7.44. The Morgan fingerprint density at radius 2 is 1.94 bits per heavy atom. The number of ether oxygens (including phenoxy) is 1. The maximum Gasteiger partial charge on any atom is 0.488 e.